The number of hydrogen-bond donors (Lipinski definition) is 1. The Hall–Kier alpha value is -3.93. The molecule has 0 aliphatic carbocycles. The summed E-state index contributed by atoms with van der Waals surface area (Å²) < 4.78 is 5.52. The van der Waals surface area contributed by atoms with Crippen molar-refractivity contribution in [2.75, 3.05) is 23.4 Å². The van der Waals surface area contributed by atoms with Gasteiger partial charge in [-0.1, -0.05) is 30.3 Å². The molecule has 1 N–H and O–H groups in total. The average molecular weight is 414 g/mol. The maximum atomic E-state index is 12.4. The number of ether oxygens (including phenoxy) is 1. The van der Waals surface area contributed by atoms with E-state index in [0.717, 1.165) is 18.7 Å². The topological polar surface area (TPSA) is 75.7 Å². The van der Waals surface area contributed by atoms with Crippen LogP contribution in [0.25, 0.3) is 0 Å². The number of ketones is 1. The third-order valence-corrected chi connectivity index (χ3v) is 5.06. The normalized spacial score (nSPS) is 13.2. The Balaban J connectivity index is 1.29. The Bertz CT molecular complexity index is 1080. The monoisotopic (exact) mass is 414 g/mol. The molecule has 6 heteroatoms. The highest BCUT2D eigenvalue weighted by Crippen LogP contribution is 2.23. The van der Waals surface area contributed by atoms with Crippen molar-refractivity contribution in [1.29, 1.82) is 0 Å². The van der Waals surface area contributed by atoms with Crippen LogP contribution in [0.3, 0.4) is 0 Å². The third kappa shape index (κ3) is 4.98. The van der Waals surface area contributed by atoms with E-state index < -0.39 is 0 Å². The molecule has 0 unspecified atom stereocenters. The van der Waals surface area contributed by atoms with Gasteiger partial charge < -0.3 is 15.0 Å². The first-order chi connectivity index (χ1) is 15.1. The molecule has 156 valence electrons. The molecule has 0 bridgehead atoms. The van der Waals surface area contributed by atoms with Gasteiger partial charge in [0.2, 0.25) is 5.91 Å². The fraction of sp³-hybridized carbons (Fsp3) is 0.160. The van der Waals surface area contributed by atoms with E-state index in [1.165, 1.54) is 0 Å². The van der Waals surface area contributed by atoms with Crippen LogP contribution in [0.15, 0.2) is 78.9 Å². The number of nitrogens with zero attached hydrogens (tertiary/aromatic N) is 1. The molecule has 6 nitrogen and oxygen atoms in total. The lowest BCUT2D eigenvalue weighted by molar-refractivity contribution is -0.118. The summed E-state index contributed by atoms with van der Waals surface area (Å²) in [5.74, 6) is 0.266. The molecule has 0 radical (unpaired) electrons. The van der Waals surface area contributed by atoms with E-state index in [0.29, 0.717) is 29.0 Å². The van der Waals surface area contributed by atoms with Crippen LogP contribution in [0.4, 0.5) is 11.4 Å². The Kier molecular flexibility index (Phi) is 6.08. The van der Waals surface area contributed by atoms with Gasteiger partial charge in [-0.25, -0.2) is 0 Å². The second kappa shape index (κ2) is 9.26. The molecule has 4 rings (SSSR count). The zero-order chi connectivity index (χ0) is 21.6. The van der Waals surface area contributed by atoms with Crippen molar-refractivity contribution in [3.05, 3.63) is 90.0 Å². The van der Waals surface area contributed by atoms with Crippen molar-refractivity contribution in [3.63, 3.8) is 0 Å². The van der Waals surface area contributed by atoms with Gasteiger partial charge in [-0.2, -0.15) is 0 Å². The molecule has 1 fully saturated rings. The standard InChI is InChI=1S/C25H22N2O4/c28-23(26-20-10-12-21(13-11-20)27-16-4-7-24(27)29)17-31-22-14-8-19(9-15-22)25(30)18-5-2-1-3-6-18/h1-3,5-6,8-15H,4,7,16-17H2,(H,26,28). The molecule has 0 spiro atoms. The van der Waals surface area contributed by atoms with Crippen LogP contribution in [0.2, 0.25) is 0 Å². The van der Waals surface area contributed by atoms with Gasteiger partial charge in [0.05, 0.1) is 0 Å². The van der Waals surface area contributed by atoms with Crippen molar-refractivity contribution < 1.29 is 19.1 Å². The van der Waals surface area contributed by atoms with E-state index in [4.69, 9.17) is 4.74 Å². The summed E-state index contributed by atoms with van der Waals surface area (Å²) in [6.07, 6.45) is 1.45. The molecule has 0 aromatic heterocycles. The van der Waals surface area contributed by atoms with E-state index in [9.17, 15) is 14.4 Å². The first-order valence-corrected chi connectivity index (χ1v) is 10.1. The van der Waals surface area contributed by atoms with Crippen molar-refractivity contribution in [2.45, 2.75) is 12.8 Å². The summed E-state index contributed by atoms with van der Waals surface area (Å²) >= 11 is 0. The van der Waals surface area contributed by atoms with Gasteiger partial charge in [-0.3, -0.25) is 14.4 Å². The third-order valence-electron chi connectivity index (χ3n) is 5.06. The van der Waals surface area contributed by atoms with Crippen molar-refractivity contribution in [1.82, 2.24) is 0 Å². The lowest BCUT2D eigenvalue weighted by atomic mass is 10.0. The van der Waals surface area contributed by atoms with Crippen molar-refractivity contribution in [2.24, 2.45) is 0 Å². The molecule has 1 aliphatic heterocycles. The Labute approximate surface area is 180 Å². The number of benzene rings is 3. The second-order valence-electron chi connectivity index (χ2n) is 7.25. The number of carbonyl (C=O) groups excluding carboxylic acids is 3. The molecule has 31 heavy (non-hydrogen) atoms. The molecule has 1 saturated heterocycles. The summed E-state index contributed by atoms with van der Waals surface area (Å²) in [5, 5.41) is 2.77. The van der Waals surface area contributed by atoms with Crippen LogP contribution in [0, 0.1) is 0 Å². The first kappa shape index (κ1) is 20.3. The molecule has 0 saturated carbocycles. The van der Waals surface area contributed by atoms with Crippen molar-refractivity contribution >= 4 is 29.0 Å². The molecular formula is C25H22N2O4. The highest BCUT2D eigenvalue weighted by molar-refractivity contribution is 6.09. The average Bonchev–Trinajstić information content (AvgIpc) is 3.24. The highest BCUT2D eigenvalue weighted by atomic mass is 16.5. The fourth-order valence-electron chi connectivity index (χ4n) is 3.45. The first-order valence-electron chi connectivity index (χ1n) is 10.1. The second-order valence-corrected chi connectivity index (χ2v) is 7.25. The lowest BCUT2D eigenvalue weighted by Gasteiger charge is -2.16. The number of rotatable bonds is 7. The molecule has 1 aliphatic rings. The van der Waals surface area contributed by atoms with Gasteiger partial charge in [0.25, 0.3) is 5.91 Å². The van der Waals surface area contributed by atoms with Crippen LogP contribution >= 0.6 is 0 Å². The minimum atomic E-state index is -0.297. The smallest absolute Gasteiger partial charge is 0.262 e. The SMILES string of the molecule is O=C(COc1ccc(C(=O)c2ccccc2)cc1)Nc1ccc(N2CCCC2=O)cc1. The van der Waals surface area contributed by atoms with E-state index in [1.54, 1.807) is 53.4 Å². The maximum Gasteiger partial charge on any atom is 0.262 e. The number of nitrogens with one attached hydrogen (secondary N) is 1. The zero-order valence-electron chi connectivity index (χ0n) is 16.9. The number of hydrogen-bond acceptors (Lipinski definition) is 4. The number of anilines is 2. The zero-order valence-corrected chi connectivity index (χ0v) is 16.9. The molecule has 0 atom stereocenters. The quantitative estimate of drug-likeness (QED) is 0.592. The molecular weight excluding hydrogens is 392 g/mol. The maximum absolute atomic E-state index is 12.4. The number of amides is 2. The van der Waals surface area contributed by atoms with E-state index in [2.05, 4.69) is 5.32 Å². The summed E-state index contributed by atoms with van der Waals surface area (Å²) in [4.78, 5) is 38.2. The van der Waals surface area contributed by atoms with Gasteiger partial charge in [0, 0.05) is 35.5 Å². The van der Waals surface area contributed by atoms with Gasteiger partial charge in [-0.15, -0.1) is 0 Å². The van der Waals surface area contributed by atoms with Crippen LogP contribution < -0.4 is 15.0 Å². The Morgan fingerprint density at radius 1 is 0.871 bits per heavy atom. The largest absolute Gasteiger partial charge is 0.484 e. The van der Waals surface area contributed by atoms with E-state index in [-0.39, 0.29) is 24.2 Å². The van der Waals surface area contributed by atoms with Crippen LogP contribution in [0.5, 0.6) is 5.75 Å². The Morgan fingerprint density at radius 3 is 2.19 bits per heavy atom. The summed E-state index contributed by atoms with van der Waals surface area (Å²) in [5.41, 5.74) is 2.64. The molecule has 1 heterocycles. The number of carbonyl (C=O) groups is 3. The predicted molar refractivity (Wildman–Crippen MR) is 118 cm³/mol. The van der Waals surface area contributed by atoms with Gasteiger partial charge in [0.15, 0.2) is 12.4 Å². The molecule has 3 aromatic rings. The summed E-state index contributed by atoms with van der Waals surface area (Å²) in [6, 6.07) is 22.9. The molecule has 2 amide bonds. The lowest BCUT2D eigenvalue weighted by Crippen LogP contribution is -2.23. The van der Waals surface area contributed by atoms with Gasteiger partial charge in [-0.05, 0) is 55.0 Å². The van der Waals surface area contributed by atoms with Crippen molar-refractivity contribution in [3.8, 4) is 5.75 Å². The van der Waals surface area contributed by atoms with E-state index in [1.807, 2.05) is 30.3 Å². The summed E-state index contributed by atoms with van der Waals surface area (Å²) in [7, 11) is 0. The molecule has 3 aromatic carbocycles. The van der Waals surface area contributed by atoms with Crippen LogP contribution in [-0.4, -0.2) is 30.7 Å². The van der Waals surface area contributed by atoms with E-state index >= 15 is 0 Å². The Morgan fingerprint density at radius 2 is 1.55 bits per heavy atom. The minimum absolute atomic E-state index is 0.0658. The summed E-state index contributed by atoms with van der Waals surface area (Å²) in [6.45, 7) is 0.576. The fourth-order valence-corrected chi connectivity index (χ4v) is 3.45. The van der Waals surface area contributed by atoms with Gasteiger partial charge >= 0.3 is 0 Å². The van der Waals surface area contributed by atoms with Gasteiger partial charge in [0.1, 0.15) is 5.75 Å². The minimum Gasteiger partial charge on any atom is -0.484 e. The van der Waals surface area contributed by atoms with Crippen LogP contribution in [-0.2, 0) is 9.59 Å². The van der Waals surface area contributed by atoms with Crippen LogP contribution in [0.1, 0.15) is 28.8 Å². The predicted octanol–water partition coefficient (Wildman–Crippen LogP) is 4.06. The highest BCUT2D eigenvalue weighted by Gasteiger charge is 2.21.